The lowest BCUT2D eigenvalue weighted by molar-refractivity contribution is -0.140. The van der Waals surface area contributed by atoms with E-state index in [1.807, 2.05) is 15.2 Å². The van der Waals surface area contributed by atoms with Gasteiger partial charge in [-0.2, -0.15) is 5.10 Å². The van der Waals surface area contributed by atoms with Crippen molar-refractivity contribution in [1.82, 2.24) is 25.0 Å². The van der Waals surface area contributed by atoms with Crippen molar-refractivity contribution < 1.29 is 9.59 Å². The number of aromatic amines is 1. The summed E-state index contributed by atoms with van der Waals surface area (Å²) < 4.78 is 0. The molecular formula is C21H27N5O2S. The molecule has 8 heteroatoms. The van der Waals surface area contributed by atoms with Crippen molar-refractivity contribution >= 4 is 23.2 Å². The Labute approximate surface area is 174 Å². The normalized spacial score (nSPS) is 23.9. The molecule has 2 aromatic rings. The number of carbonyl (C=O) groups is 2. The van der Waals surface area contributed by atoms with Gasteiger partial charge in [0.15, 0.2) is 0 Å². The first-order chi connectivity index (χ1) is 14.2. The summed E-state index contributed by atoms with van der Waals surface area (Å²) in [6.45, 7) is 1.76. The quantitative estimate of drug-likeness (QED) is 0.816. The number of hydrogen-bond acceptors (Lipinski definition) is 5. The average molecular weight is 414 g/mol. The van der Waals surface area contributed by atoms with E-state index in [-0.39, 0.29) is 23.8 Å². The highest BCUT2D eigenvalue weighted by atomic mass is 32.1. The summed E-state index contributed by atoms with van der Waals surface area (Å²) in [5.41, 5.74) is 6.41. The first-order valence-electron chi connectivity index (χ1n) is 10.7. The largest absolute Gasteiger partial charge is 0.340 e. The van der Waals surface area contributed by atoms with Crippen molar-refractivity contribution in [1.29, 1.82) is 0 Å². The van der Waals surface area contributed by atoms with E-state index >= 15 is 0 Å². The minimum Gasteiger partial charge on any atom is -0.340 e. The number of thiazole rings is 1. The van der Waals surface area contributed by atoms with Crippen molar-refractivity contribution in [3.8, 4) is 0 Å². The number of rotatable bonds is 5. The smallest absolute Gasteiger partial charge is 0.228 e. The molecule has 2 aromatic heterocycles. The van der Waals surface area contributed by atoms with E-state index in [1.54, 1.807) is 16.8 Å². The van der Waals surface area contributed by atoms with Crippen molar-refractivity contribution in [3.63, 3.8) is 0 Å². The van der Waals surface area contributed by atoms with Crippen molar-refractivity contribution in [2.45, 2.75) is 64.0 Å². The molecule has 4 aliphatic rings. The van der Waals surface area contributed by atoms with E-state index in [9.17, 15) is 9.59 Å². The van der Waals surface area contributed by atoms with Crippen LogP contribution in [0.15, 0.2) is 10.9 Å². The Kier molecular flexibility index (Phi) is 5.11. The van der Waals surface area contributed by atoms with Crippen LogP contribution < -0.4 is 0 Å². The predicted octanol–water partition coefficient (Wildman–Crippen LogP) is 2.33. The maximum atomic E-state index is 13.0. The van der Waals surface area contributed by atoms with Crippen LogP contribution >= 0.6 is 11.3 Å². The van der Waals surface area contributed by atoms with Gasteiger partial charge in [0.2, 0.25) is 11.8 Å². The fourth-order valence-corrected chi connectivity index (χ4v) is 5.63. The number of hydrogen-bond donors (Lipinski definition) is 1. The van der Waals surface area contributed by atoms with Gasteiger partial charge in [0.25, 0.3) is 0 Å². The van der Waals surface area contributed by atoms with Crippen LogP contribution in [-0.2, 0) is 35.4 Å². The summed E-state index contributed by atoms with van der Waals surface area (Å²) in [6, 6.07) is 0.102. The van der Waals surface area contributed by atoms with Gasteiger partial charge in [0.1, 0.15) is 0 Å². The number of aromatic nitrogens is 3. The molecule has 2 amide bonds. The van der Waals surface area contributed by atoms with Crippen LogP contribution in [0.2, 0.25) is 0 Å². The molecule has 3 saturated heterocycles. The summed E-state index contributed by atoms with van der Waals surface area (Å²) in [7, 11) is 0. The van der Waals surface area contributed by atoms with E-state index < -0.39 is 0 Å². The molecule has 0 unspecified atom stereocenters. The Morgan fingerprint density at radius 2 is 2.14 bits per heavy atom. The number of nitrogens with one attached hydrogen (secondary N) is 1. The maximum Gasteiger partial charge on any atom is 0.228 e. The highest BCUT2D eigenvalue weighted by Crippen LogP contribution is 2.31. The minimum absolute atomic E-state index is 0.0746. The molecule has 0 radical (unpaired) electrons. The molecule has 29 heavy (non-hydrogen) atoms. The molecule has 2 atom stereocenters. The average Bonchev–Trinajstić information content (AvgIpc) is 3.31. The number of piperidine rings is 1. The zero-order valence-corrected chi connectivity index (χ0v) is 17.4. The second-order valence-corrected chi connectivity index (χ2v) is 9.23. The Morgan fingerprint density at radius 3 is 3.00 bits per heavy atom. The number of fused-ring (bicyclic) bond motifs is 5. The fraction of sp³-hybridized carbons (Fsp3) is 0.619. The van der Waals surface area contributed by atoms with Crippen LogP contribution in [0.1, 0.15) is 54.7 Å². The number of amides is 2. The van der Waals surface area contributed by atoms with E-state index in [0.717, 1.165) is 37.1 Å². The number of nitrogens with zero attached hydrogens (tertiary/aromatic N) is 4. The topological polar surface area (TPSA) is 82.2 Å². The molecule has 5 heterocycles. The van der Waals surface area contributed by atoms with Crippen LogP contribution in [0.5, 0.6) is 0 Å². The molecule has 154 valence electrons. The Bertz CT molecular complexity index is 893. The van der Waals surface area contributed by atoms with Crippen molar-refractivity contribution in [3.05, 3.63) is 33.5 Å². The second kappa shape index (κ2) is 7.89. The standard InChI is InChI=1S/C21H27N5O2S/c27-20(8-7-19-17-3-1-2-4-18(17)23-24-19)25-9-14-5-6-16(11-25)26(21(14)28)10-15-12-29-13-22-15/h12-14,16H,1-11H2,(H,23,24)/t14-,16+/m0/s1. The molecule has 1 aliphatic carbocycles. The number of carbonyl (C=O) groups excluding carboxylic acids is 2. The van der Waals surface area contributed by atoms with Gasteiger partial charge in [-0.25, -0.2) is 4.98 Å². The molecule has 3 fully saturated rings. The molecule has 2 bridgehead atoms. The van der Waals surface area contributed by atoms with Gasteiger partial charge in [-0.1, -0.05) is 0 Å². The van der Waals surface area contributed by atoms with Gasteiger partial charge in [-0.15, -0.1) is 11.3 Å². The van der Waals surface area contributed by atoms with Gasteiger partial charge in [0.05, 0.1) is 29.4 Å². The number of aryl methyl sites for hydroxylation is 2. The molecule has 1 N–H and O–H groups in total. The minimum atomic E-state index is -0.0746. The van der Waals surface area contributed by atoms with Crippen LogP contribution in [0.4, 0.5) is 0 Å². The van der Waals surface area contributed by atoms with Crippen LogP contribution in [0, 0.1) is 5.92 Å². The summed E-state index contributed by atoms with van der Waals surface area (Å²) in [5.74, 6) is 0.262. The predicted molar refractivity (Wildman–Crippen MR) is 109 cm³/mol. The molecule has 0 spiro atoms. The summed E-state index contributed by atoms with van der Waals surface area (Å²) in [6.07, 6.45) is 7.58. The van der Waals surface area contributed by atoms with Gasteiger partial charge in [0, 0.05) is 43.0 Å². The SMILES string of the molecule is O=C(CCc1n[nH]c2c1CCCC2)N1C[C@@H]2CC[C@H](C1)N(Cc1cscn1)C2=O. The molecule has 0 saturated carbocycles. The maximum absolute atomic E-state index is 13.0. The van der Waals surface area contributed by atoms with Crippen molar-refractivity contribution in [2.75, 3.05) is 13.1 Å². The van der Waals surface area contributed by atoms with Crippen LogP contribution in [0.3, 0.4) is 0 Å². The molecule has 3 aliphatic heterocycles. The summed E-state index contributed by atoms with van der Waals surface area (Å²) in [4.78, 5) is 34.2. The molecule has 0 aromatic carbocycles. The van der Waals surface area contributed by atoms with Gasteiger partial charge in [-0.05, 0) is 44.1 Å². The van der Waals surface area contributed by atoms with Gasteiger partial charge >= 0.3 is 0 Å². The third-order valence-electron chi connectivity index (χ3n) is 6.68. The Morgan fingerprint density at radius 1 is 1.24 bits per heavy atom. The zero-order chi connectivity index (χ0) is 19.8. The van der Waals surface area contributed by atoms with Gasteiger partial charge < -0.3 is 9.80 Å². The summed E-state index contributed by atoms with van der Waals surface area (Å²) >= 11 is 1.55. The van der Waals surface area contributed by atoms with E-state index in [1.165, 1.54) is 24.1 Å². The Hall–Kier alpha value is -2.22. The van der Waals surface area contributed by atoms with Crippen LogP contribution in [-0.4, -0.2) is 55.9 Å². The molecular weight excluding hydrogens is 386 g/mol. The second-order valence-electron chi connectivity index (χ2n) is 8.51. The Balaban J connectivity index is 1.24. The van der Waals surface area contributed by atoms with Gasteiger partial charge in [-0.3, -0.25) is 14.7 Å². The number of H-pyrrole nitrogens is 1. The third kappa shape index (κ3) is 3.70. The first-order valence-corrected chi connectivity index (χ1v) is 11.6. The molecule has 6 rings (SSSR count). The molecule has 7 nitrogen and oxygen atoms in total. The lowest BCUT2D eigenvalue weighted by atomic mass is 9.94. The van der Waals surface area contributed by atoms with E-state index in [4.69, 9.17) is 0 Å². The van der Waals surface area contributed by atoms with Crippen LogP contribution in [0.25, 0.3) is 0 Å². The van der Waals surface area contributed by atoms with E-state index in [2.05, 4.69) is 15.2 Å². The highest BCUT2D eigenvalue weighted by Gasteiger charge is 2.41. The zero-order valence-electron chi connectivity index (χ0n) is 16.6. The lowest BCUT2D eigenvalue weighted by Gasteiger charge is -2.35. The third-order valence-corrected chi connectivity index (χ3v) is 7.31. The lowest BCUT2D eigenvalue weighted by Crippen LogP contribution is -2.47. The van der Waals surface area contributed by atoms with E-state index in [0.29, 0.717) is 32.5 Å². The highest BCUT2D eigenvalue weighted by molar-refractivity contribution is 7.07. The fourth-order valence-electron chi connectivity index (χ4n) is 5.08. The monoisotopic (exact) mass is 413 g/mol. The van der Waals surface area contributed by atoms with Crippen molar-refractivity contribution in [2.24, 2.45) is 5.92 Å². The summed E-state index contributed by atoms with van der Waals surface area (Å²) in [5, 5.41) is 9.64. The first kappa shape index (κ1) is 18.8.